The van der Waals surface area contributed by atoms with Crippen molar-refractivity contribution in [1.82, 2.24) is 0 Å². The SMILES string of the molecule is COc1cc(N(S(=O)(=O)c2ccccc2)S(=O)(=O)c2ccccc2)c(NC(C)=O)cc1Cl. The highest BCUT2D eigenvalue weighted by Crippen LogP contribution is 2.41. The van der Waals surface area contributed by atoms with Crippen LogP contribution in [0.2, 0.25) is 5.02 Å². The molecule has 3 aromatic carbocycles. The van der Waals surface area contributed by atoms with Crippen LogP contribution in [0.3, 0.4) is 0 Å². The summed E-state index contributed by atoms with van der Waals surface area (Å²) in [6.45, 7) is 1.20. The molecule has 0 aliphatic rings. The van der Waals surface area contributed by atoms with Crippen LogP contribution in [0.25, 0.3) is 0 Å². The second-order valence-corrected chi connectivity index (χ2v) is 10.7. The molecule has 0 heterocycles. The van der Waals surface area contributed by atoms with Crippen molar-refractivity contribution in [2.75, 3.05) is 16.1 Å². The van der Waals surface area contributed by atoms with Gasteiger partial charge in [-0.3, -0.25) is 4.79 Å². The van der Waals surface area contributed by atoms with Crippen LogP contribution in [0, 0.1) is 0 Å². The Morgan fingerprint density at radius 1 is 0.875 bits per heavy atom. The summed E-state index contributed by atoms with van der Waals surface area (Å²) >= 11 is 6.16. The van der Waals surface area contributed by atoms with Crippen molar-refractivity contribution < 1.29 is 26.4 Å². The number of nitrogens with one attached hydrogen (secondary N) is 1. The van der Waals surface area contributed by atoms with Gasteiger partial charge in [-0.25, -0.2) is 16.8 Å². The second-order valence-electron chi connectivity index (χ2n) is 6.52. The topological polar surface area (TPSA) is 110 Å². The van der Waals surface area contributed by atoms with Crippen LogP contribution >= 0.6 is 11.6 Å². The van der Waals surface area contributed by atoms with E-state index >= 15 is 0 Å². The first kappa shape index (κ1) is 23.6. The van der Waals surface area contributed by atoms with Crippen molar-refractivity contribution in [3.05, 3.63) is 77.8 Å². The lowest BCUT2D eigenvalue weighted by Gasteiger charge is -2.26. The lowest BCUT2D eigenvalue weighted by atomic mass is 10.2. The number of carbonyl (C=O) groups is 1. The average molecular weight is 495 g/mol. The molecule has 0 spiro atoms. The van der Waals surface area contributed by atoms with Gasteiger partial charge in [0.05, 0.1) is 33.3 Å². The van der Waals surface area contributed by atoms with E-state index in [1.807, 2.05) is 0 Å². The molecular formula is C21H19ClN2O6S2. The fraction of sp³-hybridized carbons (Fsp3) is 0.0952. The summed E-state index contributed by atoms with van der Waals surface area (Å²) in [5.74, 6) is -0.533. The summed E-state index contributed by atoms with van der Waals surface area (Å²) in [7, 11) is -8.02. The Bertz CT molecular complexity index is 1280. The van der Waals surface area contributed by atoms with Gasteiger partial charge < -0.3 is 10.1 Å². The first-order valence-corrected chi connectivity index (χ1v) is 12.4. The van der Waals surface area contributed by atoms with Gasteiger partial charge in [-0.2, -0.15) is 3.71 Å². The predicted octanol–water partition coefficient (Wildman–Crippen LogP) is 3.89. The van der Waals surface area contributed by atoms with E-state index in [1.165, 1.54) is 68.6 Å². The lowest BCUT2D eigenvalue weighted by molar-refractivity contribution is -0.114. The number of methoxy groups -OCH3 is 1. The molecule has 1 amide bonds. The van der Waals surface area contributed by atoms with Gasteiger partial charge in [0, 0.05) is 13.0 Å². The van der Waals surface area contributed by atoms with E-state index in [0.29, 0.717) is 0 Å². The summed E-state index contributed by atoms with van der Waals surface area (Å²) in [5, 5.41) is 2.49. The quantitative estimate of drug-likeness (QED) is 0.533. The molecule has 0 radical (unpaired) electrons. The van der Waals surface area contributed by atoms with E-state index in [4.69, 9.17) is 16.3 Å². The number of amides is 1. The highest BCUT2D eigenvalue weighted by atomic mass is 35.5. The molecule has 3 aromatic rings. The zero-order chi connectivity index (χ0) is 23.5. The number of hydrogen-bond donors (Lipinski definition) is 1. The van der Waals surface area contributed by atoms with E-state index in [9.17, 15) is 21.6 Å². The van der Waals surface area contributed by atoms with Crippen molar-refractivity contribution in [2.45, 2.75) is 16.7 Å². The first-order chi connectivity index (χ1) is 15.1. The lowest BCUT2D eigenvalue weighted by Crippen LogP contribution is -2.37. The van der Waals surface area contributed by atoms with Crippen LogP contribution in [-0.2, 0) is 24.8 Å². The fourth-order valence-corrected chi connectivity index (χ4v) is 6.90. The molecule has 0 saturated carbocycles. The van der Waals surface area contributed by atoms with Crippen molar-refractivity contribution >= 4 is 48.9 Å². The highest BCUT2D eigenvalue weighted by Gasteiger charge is 2.39. The minimum Gasteiger partial charge on any atom is -0.495 e. The maximum atomic E-state index is 13.6. The molecular weight excluding hydrogens is 476 g/mol. The Kier molecular flexibility index (Phi) is 6.77. The summed E-state index contributed by atoms with van der Waals surface area (Å²) in [6.07, 6.45) is 0. The van der Waals surface area contributed by atoms with Crippen molar-refractivity contribution in [2.24, 2.45) is 0 Å². The molecule has 0 bridgehead atoms. The van der Waals surface area contributed by atoms with Crippen molar-refractivity contribution in [3.8, 4) is 5.75 Å². The monoisotopic (exact) mass is 494 g/mol. The maximum absolute atomic E-state index is 13.6. The van der Waals surface area contributed by atoms with E-state index < -0.39 is 26.0 Å². The van der Waals surface area contributed by atoms with Gasteiger partial charge in [-0.1, -0.05) is 48.0 Å². The third-order valence-electron chi connectivity index (χ3n) is 4.30. The molecule has 0 saturated heterocycles. The van der Waals surface area contributed by atoms with Crippen molar-refractivity contribution in [3.63, 3.8) is 0 Å². The van der Waals surface area contributed by atoms with Crippen LogP contribution in [0.4, 0.5) is 11.4 Å². The molecule has 11 heteroatoms. The number of carbonyl (C=O) groups excluding carboxylic acids is 1. The van der Waals surface area contributed by atoms with E-state index in [-0.39, 0.29) is 35.6 Å². The number of rotatable bonds is 7. The van der Waals surface area contributed by atoms with E-state index in [0.717, 1.165) is 6.07 Å². The first-order valence-electron chi connectivity index (χ1n) is 9.15. The van der Waals surface area contributed by atoms with Crippen LogP contribution in [0.5, 0.6) is 5.75 Å². The van der Waals surface area contributed by atoms with Gasteiger partial charge in [-0.15, -0.1) is 0 Å². The zero-order valence-corrected chi connectivity index (χ0v) is 19.4. The van der Waals surface area contributed by atoms with Gasteiger partial charge >= 0.3 is 0 Å². The average Bonchev–Trinajstić information content (AvgIpc) is 2.76. The maximum Gasteiger partial charge on any atom is 0.277 e. The van der Waals surface area contributed by atoms with Crippen LogP contribution in [-0.4, -0.2) is 29.9 Å². The Morgan fingerprint density at radius 3 is 1.75 bits per heavy atom. The Morgan fingerprint density at radius 2 is 1.34 bits per heavy atom. The summed E-state index contributed by atoms with van der Waals surface area (Å²) in [6, 6.07) is 16.5. The Balaban J connectivity index is 2.40. The highest BCUT2D eigenvalue weighted by molar-refractivity contribution is 8.10. The molecule has 0 fully saturated rings. The van der Waals surface area contributed by atoms with E-state index in [1.54, 1.807) is 12.1 Å². The van der Waals surface area contributed by atoms with E-state index in [2.05, 4.69) is 5.32 Å². The minimum absolute atomic E-state index is 0.0206. The third kappa shape index (κ3) is 4.57. The van der Waals surface area contributed by atoms with Gasteiger partial charge in [0.15, 0.2) is 0 Å². The second kappa shape index (κ2) is 9.19. The summed E-state index contributed by atoms with van der Waals surface area (Å²) < 4.78 is 60.0. The summed E-state index contributed by atoms with van der Waals surface area (Å²) in [4.78, 5) is 11.3. The standard InChI is InChI=1S/C21H19ClN2O6S2/c1-15(25)23-19-13-18(22)21(30-2)14-20(19)24(31(26,27)16-9-5-3-6-10-16)32(28,29)17-11-7-4-8-12-17/h3-14H,1-2H3,(H,23,25). The van der Waals surface area contributed by atoms with Gasteiger partial charge in [-0.05, 0) is 30.3 Å². The number of halogens is 1. The molecule has 1 N–H and O–H groups in total. The molecule has 0 aromatic heterocycles. The molecule has 8 nitrogen and oxygen atoms in total. The largest absolute Gasteiger partial charge is 0.495 e. The number of nitrogens with zero attached hydrogens (tertiary/aromatic N) is 1. The third-order valence-corrected chi connectivity index (χ3v) is 8.77. The molecule has 0 aliphatic heterocycles. The normalized spacial score (nSPS) is 11.6. The Hall–Kier alpha value is -3.08. The molecule has 32 heavy (non-hydrogen) atoms. The smallest absolute Gasteiger partial charge is 0.277 e. The summed E-state index contributed by atoms with van der Waals surface area (Å²) in [5.41, 5.74) is -0.475. The predicted molar refractivity (Wildman–Crippen MR) is 122 cm³/mol. The molecule has 3 rings (SSSR count). The Labute approximate surface area is 191 Å². The zero-order valence-electron chi connectivity index (χ0n) is 17.0. The number of hydrogen-bond acceptors (Lipinski definition) is 6. The van der Waals surface area contributed by atoms with Crippen LogP contribution < -0.4 is 13.8 Å². The van der Waals surface area contributed by atoms with Crippen molar-refractivity contribution in [1.29, 1.82) is 0 Å². The number of sulfonamides is 2. The molecule has 168 valence electrons. The number of ether oxygens (including phenoxy) is 1. The van der Waals surface area contributed by atoms with Crippen LogP contribution in [0.15, 0.2) is 82.6 Å². The number of benzene rings is 3. The van der Waals surface area contributed by atoms with Gasteiger partial charge in [0.2, 0.25) is 5.91 Å². The minimum atomic E-state index is -4.66. The molecule has 0 aliphatic carbocycles. The molecule has 0 atom stereocenters. The molecule has 0 unspecified atom stereocenters. The number of anilines is 2. The van der Waals surface area contributed by atoms with Crippen LogP contribution in [0.1, 0.15) is 6.92 Å². The van der Waals surface area contributed by atoms with Gasteiger partial charge in [0.25, 0.3) is 20.0 Å². The van der Waals surface area contributed by atoms with Gasteiger partial charge in [0.1, 0.15) is 5.75 Å². The fourth-order valence-electron chi connectivity index (χ4n) is 2.90.